The molecule has 1 rings (SSSR count). The van der Waals surface area contributed by atoms with Gasteiger partial charge in [-0.2, -0.15) is 5.26 Å². The molecule has 66 valence electrons. The van der Waals surface area contributed by atoms with E-state index in [2.05, 4.69) is 11.4 Å². The second kappa shape index (κ2) is 3.96. The van der Waals surface area contributed by atoms with Crippen molar-refractivity contribution in [3.8, 4) is 6.07 Å². The van der Waals surface area contributed by atoms with Crippen LogP contribution in [-0.4, -0.2) is 30.6 Å². The fourth-order valence-electron chi connectivity index (χ4n) is 1.22. The number of nitrogens with one attached hydrogen (secondary N) is 1. The Hall–Kier alpha value is -1.24. The molecule has 2 amide bonds. The summed E-state index contributed by atoms with van der Waals surface area (Å²) in [5.74, 6) is -0.0751. The van der Waals surface area contributed by atoms with Gasteiger partial charge in [0.15, 0.2) is 0 Å². The predicted octanol–water partition coefficient (Wildman–Crippen LogP) is 0.561. The van der Waals surface area contributed by atoms with Crippen LogP contribution in [0.2, 0.25) is 0 Å². The van der Waals surface area contributed by atoms with Gasteiger partial charge in [0, 0.05) is 19.6 Å². The van der Waals surface area contributed by atoms with Gasteiger partial charge >= 0.3 is 6.03 Å². The van der Waals surface area contributed by atoms with Crippen molar-refractivity contribution in [3.05, 3.63) is 0 Å². The fourth-order valence-corrected chi connectivity index (χ4v) is 1.22. The second-order valence-electron chi connectivity index (χ2n) is 3.06. The number of hydrogen-bond donors (Lipinski definition) is 1. The summed E-state index contributed by atoms with van der Waals surface area (Å²) in [5, 5.41) is 11.3. The molecule has 1 aliphatic rings. The van der Waals surface area contributed by atoms with E-state index >= 15 is 0 Å². The van der Waals surface area contributed by atoms with Gasteiger partial charge in [0.25, 0.3) is 0 Å². The summed E-state index contributed by atoms with van der Waals surface area (Å²) in [6.45, 7) is 3.90. The summed E-state index contributed by atoms with van der Waals surface area (Å²) in [4.78, 5) is 12.8. The molecule has 4 heteroatoms. The Morgan fingerprint density at radius 3 is 3.17 bits per heavy atom. The SMILES string of the molecule is CC(C#N)CN1CCCNC1=O. The van der Waals surface area contributed by atoms with Crippen LogP contribution in [0.3, 0.4) is 0 Å². The first-order valence-corrected chi connectivity index (χ1v) is 4.16. The number of carbonyl (C=O) groups excluding carboxylic acids is 1. The van der Waals surface area contributed by atoms with Crippen LogP contribution >= 0.6 is 0 Å². The minimum absolute atomic E-state index is 0.0386. The molecule has 12 heavy (non-hydrogen) atoms. The molecule has 1 unspecified atom stereocenters. The van der Waals surface area contributed by atoms with E-state index in [0.29, 0.717) is 6.54 Å². The molecule has 0 aromatic rings. The van der Waals surface area contributed by atoms with Crippen LogP contribution in [0.25, 0.3) is 0 Å². The number of hydrogen-bond acceptors (Lipinski definition) is 2. The molecular formula is C8H13N3O. The molecule has 1 fully saturated rings. The van der Waals surface area contributed by atoms with Gasteiger partial charge in [-0.15, -0.1) is 0 Å². The summed E-state index contributed by atoms with van der Waals surface area (Å²) in [6, 6.07) is 2.07. The highest BCUT2D eigenvalue weighted by Gasteiger charge is 2.18. The normalized spacial score (nSPS) is 19.7. The Morgan fingerprint density at radius 2 is 2.58 bits per heavy atom. The molecular weight excluding hydrogens is 154 g/mol. The predicted molar refractivity (Wildman–Crippen MR) is 44.4 cm³/mol. The number of nitrogens with zero attached hydrogens (tertiary/aromatic N) is 2. The van der Waals surface area contributed by atoms with Crippen molar-refractivity contribution in [2.75, 3.05) is 19.6 Å². The van der Waals surface area contributed by atoms with Gasteiger partial charge in [0.1, 0.15) is 0 Å². The molecule has 4 nitrogen and oxygen atoms in total. The second-order valence-corrected chi connectivity index (χ2v) is 3.06. The van der Waals surface area contributed by atoms with Crippen molar-refractivity contribution in [1.29, 1.82) is 5.26 Å². The van der Waals surface area contributed by atoms with Crippen LogP contribution < -0.4 is 5.32 Å². The smallest absolute Gasteiger partial charge is 0.317 e. The van der Waals surface area contributed by atoms with Gasteiger partial charge in [-0.3, -0.25) is 0 Å². The monoisotopic (exact) mass is 167 g/mol. The standard InChI is InChI=1S/C8H13N3O/c1-7(5-9)6-11-4-2-3-10-8(11)12/h7H,2-4,6H2,1H3,(H,10,12). The summed E-state index contributed by atoms with van der Waals surface area (Å²) in [6.07, 6.45) is 0.976. The van der Waals surface area contributed by atoms with Gasteiger partial charge in [-0.1, -0.05) is 0 Å². The number of amides is 2. The minimum Gasteiger partial charge on any atom is -0.338 e. The lowest BCUT2D eigenvalue weighted by Crippen LogP contribution is -2.47. The van der Waals surface area contributed by atoms with Gasteiger partial charge in [-0.25, -0.2) is 4.79 Å². The van der Waals surface area contributed by atoms with E-state index in [-0.39, 0.29) is 11.9 Å². The van der Waals surface area contributed by atoms with E-state index in [1.165, 1.54) is 0 Å². The Bertz CT molecular complexity index is 209. The van der Waals surface area contributed by atoms with Gasteiger partial charge in [0.05, 0.1) is 12.0 Å². The Labute approximate surface area is 72.2 Å². The summed E-state index contributed by atoms with van der Waals surface area (Å²) < 4.78 is 0. The maximum absolute atomic E-state index is 11.2. The van der Waals surface area contributed by atoms with Crippen LogP contribution in [-0.2, 0) is 0 Å². The lowest BCUT2D eigenvalue weighted by molar-refractivity contribution is 0.182. The number of rotatable bonds is 2. The lowest BCUT2D eigenvalue weighted by Gasteiger charge is -2.27. The Balaban J connectivity index is 2.40. The van der Waals surface area contributed by atoms with Crippen molar-refractivity contribution in [1.82, 2.24) is 10.2 Å². The van der Waals surface area contributed by atoms with Crippen molar-refractivity contribution in [2.45, 2.75) is 13.3 Å². The summed E-state index contributed by atoms with van der Waals surface area (Å²) >= 11 is 0. The van der Waals surface area contributed by atoms with Gasteiger partial charge in [0.2, 0.25) is 0 Å². The van der Waals surface area contributed by atoms with Gasteiger partial charge < -0.3 is 10.2 Å². The van der Waals surface area contributed by atoms with E-state index in [4.69, 9.17) is 5.26 Å². The van der Waals surface area contributed by atoms with Crippen molar-refractivity contribution in [2.24, 2.45) is 5.92 Å². The largest absolute Gasteiger partial charge is 0.338 e. The van der Waals surface area contributed by atoms with Crippen LogP contribution in [0.15, 0.2) is 0 Å². The maximum Gasteiger partial charge on any atom is 0.317 e. The first-order valence-electron chi connectivity index (χ1n) is 4.16. The zero-order valence-corrected chi connectivity index (χ0v) is 7.21. The molecule has 0 radical (unpaired) electrons. The fraction of sp³-hybridized carbons (Fsp3) is 0.750. The van der Waals surface area contributed by atoms with E-state index < -0.39 is 0 Å². The van der Waals surface area contributed by atoms with Crippen LogP contribution in [0.5, 0.6) is 0 Å². The van der Waals surface area contributed by atoms with E-state index in [0.717, 1.165) is 19.5 Å². The van der Waals surface area contributed by atoms with E-state index in [9.17, 15) is 4.79 Å². The van der Waals surface area contributed by atoms with E-state index in [1.54, 1.807) is 4.90 Å². The van der Waals surface area contributed by atoms with Crippen molar-refractivity contribution in [3.63, 3.8) is 0 Å². The molecule has 1 N–H and O–H groups in total. The van der Waals surface area contributed by atoms with Crippen LogP contribution in [0.1, 0.15) is 13.3 Å². The number of carbonyl (C=O) groups is 1. The zero-order chi connectivity index (χ0) is 8.97. The quantitative estimate of drug-likeness (QED) is 0.653. The molecule has 1 saturated heterocycles. The summed E-state index contributed by atoms with van der Waals surface area (Å²) in [7, 11) is 0. The highest BCUT2D eigenvalue weighted by molar-refractivity contribution is 5.74. The Kier molecular flexibility index (Phi) is 2.92. The molecule has 0 aromatic carbocycles. The molecule has 0 bridgehead atoms. The highest BCUT2D eigenvalue weighted by atomic mass is 16.2. The molecule has 0 spiro atoms. The van der Waals surface area contributed by atoms with Gasteiger partial charge in [-0.05, 0) is 13.3 Å². The zero-order valence-electron chi connectivity index (χ0n) is 7.21. The highest BCUT2D eigenvalue weighted by Crippen LogP contribution is 2.03. The first-order chi connectivity index (χ1) is 5.74. The van der Waals surface area contributed by atoms with Crippen molar-refractivity contribution < 1.29 is 4.79 Å². The van der Waals surface area contributed by atoms with E-state index in [1.807, 2.05) is 6.92 Å². The molecule has 1 aliphatic heterocycles. The molecule has 0 aliphatic carbocycles. The maximum atomic E-state index is 11.2. The number of urea groups is 1. The van der Waals surface area contributed by atoms with Crippen LogP contribution in [0.4, 0.5) is 4.79 Å². The third-order valence-electron chi connectivity index (χ3n) is 1.88. The molecule has 0 saturated carbocycles. The molecule has 0 aromatic heterocycles. The Morgan fingerprint density at radius 1 is 1.83 bits per heavy atom. The lowest BCUT2D eigenvalue weighted by atomic mass is 10.2. The molecule has 1 heterocycles. The van der Waals surface area contributed by atoms with Crippen LogP contribution in [0, 0.1) is 17.2 Å². The summed E-state index contributed by atoms with van der Waals surface area (Å²) in [5.41, 5.74) is 0. The number of nitriles is 1. The first kappa shape index (κ1) is 8.85. The molecule has 1 atom stereocenters. The average molecular weight is 167 g/mol. The average Bonchev–Trinajstić information content (AvgIpc) is 2.09. The topological polar surface area (TPSA) is 56.1 Å². The third-order valence-corrected chi connectivity index (χ3v) is 1.88. The minimum atomic E-state index is -0.0751. The van der Waals surface area contributed by atoms with Crippen molar-refractivity contribution >= 4 is 6.03 Å². The third kappa shape index (κ3) is 2.12.